The largest absolute Gasteiger partial charge is 0.397 e. The number of nitrogens with one attached hydrogen (secondary N) is 1. The van der Waals surface area contributed by atoms with Crippen LogP contribution in [-0.2, 0) is 6.42 Å². The first-order chi connectivity index (χ1) is 12.9. The van der Waals surface area contributed by atoms with Crippen LogP contribution in [0.5, 0.6) is 0 Å². The Kier molecular flexibility index (Phi) is 5.56. The second kappa shape index (κ2) is 7.88. The number of hydrogen-bond donors (Lipinski definition) is 2. The molecule has 3 rings (SSSR count). The number of fused-ring (bicyclic) bond motifs is 1. The van der Waals surface area contributed by atoms with Gasteiger partial charge in [-0.3, -0.25) is 9.59 Å². The summed E-state index contributed by atoms with van der Waals surface area (Å²) in [6.45, 7) is 5.28. The molecule has 0 saturated carbocycles. The molecule has 0 fully saturated rings. The van der Waals surface area contributed by atoms with Gasteiger partial charge in [0.05, 0.1) is 5.69 Å². The molecule has 0 saturated heterocycles. The first-order valence-corrected chi connectivity index (χ1v) is 9.73. The molecule has 0 bridgehead atoms. The summed E-state index contributed by atoms with van der Waals surface area (Å²) < 4.78 is 0. The van der Waals surface area contributed by atoms with Crippen molar-refractivity contribution in [1.82, 2.24) is 10.3 Å². The van der Waals surface area contributed by atoms with E-state index < -0.39 is 0 Å². The molecule has 3 aromatic rings. The number of pyridine rings is 1. The molecule has 0 spiro atoms. The van der Waals surface area contributed by atoms with Crippen molar-refractivity contribution in [2.24, 2.45) is 0 Å². The summed E-state index contributed by atoms with van der Waals surface area (Å²) in [7, 11) is 0. The number of benzene rings is 1. The Bertz CT molecular complexity index is 996. The standard InChI is InChI=1S/C21H23N3O2S/c1-12(9-10-15-7-5-4-6-8-15)23-20(26)19-18(22)17-11-16(14(3)25)13(2)24-21(17)27-19/h4-8,11-12H,9-10,22H2,1-3H3,(H,23,26). The summed E-state index contributed by atoms with van der Waals surface area (Å²) in [6.07, 6.45) is 1.74. The lowest BCUT2D eigenvalue weighted by Gasteiger charge is -2.13. The Labute approximate surface area is 162 Å². The number of anilines is 1. The summed E-state index contributed by atoms with van der Waals surface area (Å²) in [5.41, 5.74) is 9.02. The van der Waals surface area contributed by atoms with Gasteiger partial charge in [0.2, 0.25) is 0 Å². The number of amides is 1. The Morgan fingerprint density at radius 2 is 1.96 bits per heavy atom. The number of Topliss-reactive ketones (excluding diaryl/α,β-unsaturated/α-hetero) is 1. The van der Waals surface area contributed by atoms with Crippen LogP contribution in [0.3, 0.4) is 0 Å². The number of carbonyl (C=O) groups is 2. The van der Waals surface area contributed by atoms with Crippen LogP contribution in [0.1, 0.15) is 51.6 Å². The number of carbonyl (C=O) groups excluding carboxylic acids is 2. The molecule has 5 nitrogen and oxygen atoms in total. The molecule has 27 heavy (non-hydrogen) atoms. The van der Waals surface area contributed by atoms with Crippen LogP contribution >= 0.6 is 11.3 Å². The number of nitrogen functional groups attached to an aromatic ring is 1. The lowest BCUT2D eigenvalue weighted by molar-refractivity contribution is 0.0942. The molecule has 1 aromatic carbocycles. The molecule has 3 N–H and O–H groups in total. The van der Waals surface area contributed by atoms with Crippen LogP contribution in [-0.4, -0.2) is 22.7 Å². The lowest BCUT2D eigenvalue weighted by Crippen LogP contribution is -2.32. The molecule has 140 valence electrons. The predicted molar refractivity (Wildman–Crippen MR) is 110 cm³/mol. The fourth-order valence-electron chi connectivity index (χ4n) is 3.04. The summed E-state index contributed by atoms with van der Waals surface area (Å²) in [5.74, 6) is -0.258. The van der Waals surface area contributed by atoms with E-state index in [4.69, 9.17) is 5.73 Å². The normalized spacial score (nSPS) is 12.1. The van der Waals surface area contributed by atoms with Crippen molar-refractivity contribution in [1.29, 1.82) is 0 Å². The van der Waals surface area contributed by atoms with E-state index in [2.05, 4.69) is 22.4 Å². The van der Waals surface area contributed by atoms with Gasteiger partial charge in [-0.15, -0.1) is 11.3 Å². The van der Waals surface area contributed by atoms with Crippen molar-refractivity contribution < 1.29 is 9.59 Å². The van der Waals surface area contributed by atoms with Crippen molar-refractivity contribution in [2.45, 2.75) is 39.7 Å². The smallest absolute Gasteiger partial charge is 0.263 e. The molecule has 2 heterocycles. The van der Waals surface area contributed by atoms with Crippen LogP contribution in [0.25, 0.3) is 10.2 Å². The highest BCUT2D eigenvalue weighted by Crippen LogP contribution is 2.33. The van der Waals surface area contributed by atoms with Crippen LogP contribution in [0, 0.1) is 6.92 Å². The monoisotopic (exact) mass is 381 g/mol. The first kappa shape index (κ1) is 19.0. The van der Waals surface area contributed by atoms with Crippen LogP contribution in [0.4, 0.5) is 5.69 Å². The van der Waals surface area contributed by atoms with E-state index in [1.165, 1.54) is 23.8 Å². The van der Waals surface area contributed by atoms with Gasteiger partial charge in [-0.25, -0.2) is 4.98 Å². The maximum atomic E-state index is 12.7. The quantitative estimate of drug-likeness (QED) is 0.629. The molecule has 1 unspecified atom stereocenters. The molecule has 2 aromatic heterocycles. The Hall–Kier alpha value is -2.73. The predicted octanol–water partition coefficient (Wildman–Crippen LogP) is 4.14. The van der Waals surface area contributed by atoms with Gasteiger partial charge in [-0.2, -0.15) is 0 Å². The molecule has 0 aliphatic heterocycles. The summed E-state index contributed by atoms with van der Waals surface area (Å²) in [4.78, 5) is 30.0. The zero-order valence-corrected chi connectivity index (χ0v) is 16.5. The molecule has 0 radical (unpaired) electrons. The fourth-order valence-corrected chi connectivity index (χ4v) is 4.07. The summed E-state index contributed by atoms with van der Waals surface area (Å²) in [5, 5.41) is 3.68. The molecular weight excluding hydrogens is 358 g/mol. The molecule has 1 atom stereocenters. The minimum absolute atomic E-state index is 0.0183. The topological polar surface area (TPSA) is 85.1 Å². The number of aromatic nitrogens is 1. The van der Waals surface area contributed by atoms with Gasteiger partial charge >= 0.3 is 0 Å². The van der Waals surface area contributed by atoms with Gasteiger partial charge in [0, 0.05) is 22.7 Å². The average molecular weight is 382 g/mol. The van der Waals surface area contributed by atoms with Crippen molar-refractivity contribution in [2.75, 3.05) is 5.73 Å². The van der Waals surface area contributed by atoms with Gasteiger partial charge in [0.25, 0.3) is 5.91 Å². The Morgan fingerprint density at radius 1 is 1.26 bits per heavy atom. The highest BCUT2D eigenvalue weighted by Gasteiger charge is 2.20. The molecular formula is C21H23N3O2S. The van der Waals surface area contributed by atoms with Crippen LogP contribution < -0.4 is 11.1 Å². The van der Waals surface area contributed by atoms with Gasteiger partial charge < -0.3 is 11.1 Å². The van der Waals surface area contributed by atoms with Gasteiger partial charge in [0.15, 0.2) is 5.78 Å². The van der Waals surface area contributed by atoms with E-state index in [-0.39, 0.29) is 17.7 Å². The second-order valence-corrected chi connectivity index (χ2v) is 7.77. The highest BCUT2D eigenvalue weighted by molar-refractivity contribution is 7.21. The minimum atomic E-state index is -0.196. The summed E-state index contributed by atoms with van der Waals surface area (Å²) >= 11 is 1.26. The zero-order valence-electron chi connectivity index (χ0n) is 15.7. The van der Waals surface area contributed by atoms with E-state index in [1.807, 2.05) is 25.1 Å². The van der Waals surface area contributed by atoms with E-state index in [1.54, 1.807) is 13.0 Å². The van der Waals surface area contributed by atoms with Crippen LogP contribution in [0.2, 0.25) is 0 Å². The third kappa shape index (κ3) is 4.17. The van der Waals surface area contributed by atoms with Crippen molar-refractivity contribution >= 4 is 38.9 Å². The van der Waals surface area contributed by atoms with Gasteiger partial charge in [-0.1, -0.05) is 30.3 Å². The number of aryl methyl sites for hydroxylation is 2. The fraction of sp³-hybridized carbons (Fsp3) is 0.286. The third-order valence-electron chi connectivity index (χ3n) is 4.58. The maximum absolute atomic E-state index is 12.7. The number of thiophene rings is 1. The molecule has 0 aliphatic rings. The first-order valence-electron chi connectivity index (χ1n) is 8.92. The number of nitrogens with two attached hydrogens (primary N) is 1. The molecule has 0 aliphatic carbocycles. The SMILES string of the molecule is CC(=O)c1cc2c(N)c(C(=O)NC(C)CCc3ccccc3)sc2nc1C. The number of rotatable bonds is 6. The lowest BCUT2D eigenvalue weighted by atomic mass is 10.1. The van der Waals surface area contributed by atoms with E-state index in [0.29, 0.717) is 32.0 Å². The number of ketones is 1. The summed E-state index contributed by atoms with van der Waals surface area (Å²) in [6, 6.07) is 11.9. The third-order valence-corrected chi connectivity index (χ3v) is 5.70. The highest BCUT2D eigenvalue weighted by atomic mass is 32.1. The van der Waals surface area contributed by atoms with E-state index in [9.17, 15) is 9.59 Å². The van der Waals surface area contributed by atoms with Gasteiger partial charge in [-0.05, 0) is 45.2 Å². The second-order valence-electron chi connectivity index (χ2n) is 6.77. The van der Waals surface area contributed by atoms with E-state index in [0.717, 1.165) is 12.8 Å². The minimum Gasteiger partial charge on any atom is -0.397 e. The van der Waals surface area contributed by atoms with Gasteiger partial charge in [0.1, 0.15) is 9.71 Å². The molecule has 1 amide bonds. The van der Waals surface area contributed by atoms with E-state index >= 15 is 0 Å². The Balaban J connectivity index is 1.75. The van der Waals surface area contributed by atoms with Crippen LogP contribution in [0.15, 0.2) is 36.4 Å². The van der Waals surface area contributed by atoms with Crippen molar-refractivity contribution in [3.63, 3.8) is 0 Å². The zero-order chi connectivity index (χ0) is 19.6. The number of hydrogen-bond acceptors (Lipinski definition) is 5. The average Bonchev–Trinajstić information content (AvgIpc) is 2.96. The number of nitrogens with zero attached hydrogens (tertiary/aromatic N) is 1. The van der Waals surface area contributed by atoms with Crippen molar-refractivity contribution in [3.05, 3.63) is 58.1 Å². The Morgan fingerprint density at radius 3 is 2.63 bits per heavy atom. The van der Waals surface area contributed by atoms with Crippen molar-refractivity contribution in [3.8, 4) is 0 Å². The molecule has 6 heteroatoms. The maximum Gasteiger partial charge on any atom is 0.263 e.